The van der Waals surface area contributed by atoms with Gasteiger partial charge in [0.15, 0.2) is 9.84 Å². The standard InChI is InChI=1S/C9H15NO2S3/c1-6(2)10-9(13)14-8-5-15(11,12)4-7(8)3/h4,6,8H,5H2,1-3H3,(H,10,13)/t8-/m1/s1. The van der Waals surface area contributed by atoms with Crippen LogP contribution in [0, 0.1) is 0 Å². The van der Waals surface area contributed by atoms with Crippen LogP contribution in [0.1, 0.15) is 20.8 Å². The van der Waals surface area contributed by atoms with Crippen molar-refractivity contribution in [3.8, 4) is 0 Å². The van der Waals surface area contributed by atoms with Crippen LogP contribution in [0.15, 0.2) is 11.0 Å². The van der Waals surface area contributed by atoms with Gasteiger partial charge in [0.1, 0.15) is 4.32 Å². The van der Waals surface area contributed by atoms with Gasteiger partial charge >= 0.3 is 0 Å². The lowest BCUT2D eigenvalue weighted by atomic mass is 10.3. The molecule has 0 radical (unpaired) electrons. The van der Waals surface area contributed by atoms with Gasteiger partial charge < -0.3 is 5.32 Å². The SMILES string of the molecule is CC1=CS(=O)(=O)C[C@H]1SC(=S)NC(C)C. The van der Waals surface area contributed by atoms with Crippen LogP contribution in [-0.2, 0) is 9.84 Å². The maximum Gasteiger partial charge on any atom is 0.173 e. The quantitative estimate of drug-likeness (QED) is 0.770. The average Bonchev–Trinajstić information content (AvgIpc) is 2.22. The minimum Gasteiger partial charge on any atom is -0.369 e. The highest BCUT2D eigenvalue weighted by molar-refractivity contribution is 8.23. The summed E-state index contributed by atoms with van der Waals surface area (Å²) in [6.07, 6.45) is 0. The molecule has 0 aliphatic carbocycles. The molecule has 1 N–H and O–H groups in total. The van der Waals surface area contributed by atoms with Crippen LogP contribution >= 0.6 is 24.0 Å². The molecule has 0 saturated heterocycles. The average molecular weight is 265 g/mol. The molecule has 1 aliphatic heterocycles. The van der Waals surface area contributed by atoms with Crippen molar-refractivity contribution in [3.63, 3.8) is 0 Å². The van der Waals surface area contributed by atoms with Gasteiger partial charge in [0.2, 0.25) is 0 Å². The Morgan fingerprint density at radius 3 is 2.67 bits per heavy atom. The van der Waals surface area contributed by atoms with Gasteiger partial charge in [-0.1, -0.05) is 24.0 Å². The molecule has 0 aromatic carbocycles. The number of thioether (sulfide) groups is 1. The van der Waals surface area contributed by atoms with Gasteiger partial charge in [-0.15, -0.1) is 0 Å². The van der Waals surface area contributed by atoms with Crippen LogP contribution < -0.4 is 5.32 Å². The molecule has 0 unspecified atom stereocenters. The van der Waals surface area contributed by atoms with Crippen molar-refractivity contribution in [2.24, 2.45) is 0 Å². The van der Waals surface area contributed by atoms with Crippen molar-refractivity contribution in [1.29, 1.82) is 0 Å². The molecular weight excluding hydrogens is 250 g/mol. The number of nitrogens with one attached hydrogen (secondary N) is 1. The van der Waals surface area contributed by atoms with Crippen LogP contribution in [0.3, 0.4) is 0 Å². The molecule has 1 aliphatic rings. The molecule has 0 fully saturated rings. The molecule has 1 heterocycles. The second kappa shape index (κ2) is 4.84. The normalized spacial score (nSPS) is 24.0. The molecule has 0 bridgehead atoms. The van der Waals surface area contributed by atoms with Gasteiger partial charge in [-0.2, -0.15) is 0 Å². The Morgan fingerprint density at radius 1 is 1.67 bits per heavy atom. The van der Waals surface area contributed by atoms with Gasteiger partial charge in [-0.3, -0.25) is 0 Å². The summed E-state index contributed by atoms with van der Waals surface area (Å²) in [7, 11) is -2.99. The zero-order chi connectivity index (χ0) is 11.6. The van der Waals surface area contributed by atoms with E-state index < -0.39 is 9.84 Å². The van der Waals surface area contributed by atoms with Gasteiger partial charge in [-0.05, 0) is 26.3 Å². The van der Waals surface area contributed by atoms with E-state index in [1.807, 2.05) is 20.8 Å². The topological polar surface area (TPSA) is 46.2 Å². The third-order valence-electron chi connectivity index (χ3n) is 1.91. The van der Waals surface area contributed by atoms with Gasteiger partial charge in [0.25, 0.3) is 0 Å². The van der Waals surface area contributed by atoms with E-state index in [0.29, 0.717) is 4.32 Å². The number of hydrogen-bond donors (Lipinski definition) is 1. The van der Waals surface area contributed by atoms with Gasteiger partial charge in [0, 0.05) is 16.7 Å². The number of sulfone groups is 1. The minimum absolute atomic E-state index is 0.0197. The number of thiocarbonyl (C=S) groups is 1. The first-order valence-corrected chi connectivity index (χ1v) is 7.68. The predicted octanol–water partition coefficient (Wildman–Crippen LogP) is 1.70. The fourth-order valence-corrected chi connectivity index (χ4v) is 5.11. The smallest absolute Gasteiger partial charge is 0.173 e. The number of hydrogen-bond acceptors (Lipinski definition) is 4. The van der Waals surface area contributed by atoms with E-state index >= 15 is 0 Å². The lowest BCUT2D eigenvalue weighted by Gasteiger charge is -2.14. The summed E-state index contributed by atoms with van der Waals surface area (Å²) in [4.78, 5) is 0. The van der Waals surface area contributed by atoms with Crippen LogP contribution in [0.5, 0.6) is 0 Å². The van der Waals surface area contributed by atoms with Gasteiger partial charge in [0.05, 0.1) is 5.75 Å². The Balaban J connectivity index is 2.56. The second-order valence-corrected chi connectivity index (χ2v) is 7.66. The van der Waals surface area contributed by atoms with Crippen LogP contribution in [0.2, 0.25) is 0 Å². The Morgan fingerprint density at radius 2 is 2.27 bits per heavy atom. The molecule has 86 valence electrons. The van der Waals surface area contributed by atoms with E-state index in [2.05, 4.69) is 5.32 Å². The summed E-state index contributed by atoms with van der Waals surface area (Å²) >= 11 is 6.54. The van der Waals surface area contributed by atoms with E-state index in [1.54, 1.807) is 0 Å². The van der Waals surface area contributed by atoms with Crippen LogP contribution in [0.25, 0.3) is 0 Å². The highest BCUT2D eigenvalue weighted by Crippen LogP contribution is 2.28. The number of rotatable bonds is 2. The maximum absolute atomic E-state index is 11.3. The molecule has 0 amide bonds. The van der Waals surface area contributed by atoms with Crippen molar-refractivity contribution in [2.75, 3.05) is 5.75 Å². The van der Waals surface area contributed by atoms with Crippen molar-refractivity contribution in [3.05, 3.63) is 11.0 Å². The summed E-state index contributed by atoms with van der Waals surface area (Å²) in [6, 6.07) is 0.285. The van der Waals surface area contributed by atoms with E-state index in [9.17, 15) is 8.42 Å². The zero-order valence-electron chi connectivity index (χ0n) is 8.98. The summed E-state index contributed by atoms with van der Waals surface area (Å²) in [6.45, 7) is 5.84. The largest absolute Gasteiger partial charge is 0.369 e. The third-order valence-corrected chi connectivity index (χ3v) is 5.21. The zero-order valence-corrected chi connectivity index (χ0v) is 11.4. The molecule has 0 aromatic rings. The Labute approximate surface area is 101 Å². The lowest BCUT2D eigenvalue weighted by Crippen LogP contribution is -2.28. The van der Waals surface area contributed by atoms with Crippen LogP contribution in [-0.4, -0.2) is 29.8 Å². The maximum atomic E-state index is 11.3. The summed E-state index contributed by atoms with van der Waals surface area (Å²) in [5.41, 5.74) is 0.882. The summed E-state index contributed by atoms with van der Waals surface area (Å²) in [5.74, 6) is 0.170. The molecule has 6 heteroatoms. The Kier molecular flexibility index (Phi) is 4.20. The van der Waals surface area contributed by atoms with E-state index in [1.165, 1.54) is 17.2 Å². The predicted molar refractivity (Wildman–Crippen MR) is 69.8 cm³/mol. The molecule has 1 rings (SSSR count). The van der Waals surface area contributed by atoms with Crippen molar-refractivity contribution < 1.29 is 8.42 Å². The minimum atomic E-state index is -2.99. The second-order valence-electron chi connectivity index (χ2n) is 3.88. The van der Waals surface area contributed by atoms with E-state index in [0.717, 1.165) is 5.57 Å². The van der Waals surface area contributed by atoms with Crippen LogP contribution in [0.4, 0.5) is 0 Å². The van der Waals surface area contributed by atoms with E-state index in [-0.39, 0.29) is 17.0 Å². The molecule has 1 atom stereocenters. The molecule has 3 nitrogen and oxygen atoms in total. The fourth-order valence-electron chi connectivity index (χ4n) is 1.28. The molecule has 15 heavy (non-hydrogen) atoms. The summed E-state index contributed by atoms with van der Waals surface area (Å²) in [5, 5.41) is 4.42. The molecule has 0 spiro atoms. The highest BCUT2D eigenvalue weighted by atomic mass is 32.2. The third kappa shape index (κ3) is 4.12. The first-order valence-electron chi connectivity index (χ1n) is 4.68. The lowest BCUT2D eigenvalue weighted by molar-refractivity contribution is 0.606. The summed E-state index contributed by atoms with van der Waals surface area (Å²) < 4.78 is 23.3. The van der Waals surface area contributed by atoms with Crippen molar-refractivity contribution >= 4 is 38.1 Å². The molecule has 0 aromatic heterocycles. The molecular formula is C9H15NO2S3. The van der Waals surface area contributed by atoms with Crippen molar-refractivity contribution in [2.45, 2.75) is 32.1 Å². The first-order chi connectivity index (χ1) is 6.80. The molecule has 0 saturated carbocycles. The van der Waals surface area contributed by atoms with Crippen molar-refractivity contribution in [1.82, 2.24) is 5.32 Å². The highest BCUT2D eigenvalue weighted by Gasteiger charge is 2.28. The first kappa shape index (κ1) is 13.0. The fraction of sp³-hybridized carbons (Fsp3) is 0.667. The van der Waals surface area contributed by atoms with Gasteiger partial charge in [-0.25, -0.2) is 8.42 Å². The Bertz CT molecular complexity index is 384. The monoisotopic (exact) mass is 265 g/mol. The van der Waals surface area contributed by atoms with E-state index in [4.69, 9.17) is 12.2 Å². The Hall–Kier alpha value is -0.0700.